The maximum atomic E-state index is 13.0. The van der Waals surface area contributed by atoms with Gasteiger partial charge in [-0.15, -0.1) is 0 Å². The lowest BCUT2D eigenvalue weighted by atomic mass is 9.76. The van der Waals surface area contributed by atoms with Crippen LogP contribution in [0.2, 0.25) is 0 Å². The maximum absolute atomic E-state index is 13.0. The van der Waals surface area contributed by atoms with Crippen molar-refractivity contribution in [3.8, 4) is 0 Å². The molecule has 2 aromatic heterocycles. The third kappa shape index (κ3) is 2.82. The molecule has 0 radical (unpaired) electrons. The van der Waals surface area contributed by atoms with E-state index in [1.165, 1.54) is 6.42 Å². The first-order valence-electron chi connectivity index (χ1n) is 7.95. The number of piperidine rings is 1. The van der Waals surface area contributed by atoms with Gasteiger partial charge >= 0.3 is 0 Å². The smallest absolute Gasteiger partial charge is 0.254 e. The van der Waals surface area contributed by atoms with E-state index in [1.54, 1.807) is 18.6 Å². The van der Waals surface area contributed by atoms with Crippen LogP contribution in [0.15, 0.2) is 30.7 Å². The second-order valence-electron chi connectivity index (χ2n) is 7.21. The number of fused-ring (bicyclic) bond motifs is 1. The van der Waals surface area contributed by atoms with Crippen molar-refractivity contribution < 1.29 is 4.79 Å². The Hall–Kier alpha value is -1.97. The Morgan fingerprint density at radius 1 is 1.27 bits per heavy atom. The molecule has 1 amide bonds. The van der Waals surface area contributed by atoms with E-state index in [2.05, 4.69) is 30.7 Å². The molecule has 0 aliphatic carbocycles. The van der Waals surface area contributed by atoms with Gasteiger partial charge in [0.05, 0.1) is 11.1 Å². The molecule has 22 heavy (non-hydrogen) atoms. The predicted octanol–water partition coefficient (Wildman–Crippen LogP) is 3.53. The largest absolute Gasteiger partial charge is 0.338 e. The summed E-state index contributed by atoms with van der Waals surface area (Å²) in [6, 6.07) is 3.66. The van der Waals surface area contributed by atoms with Crippen LogP contribution < -0.4 is 0 Å². The van der Waals surface area contributed by atoms with Crippen molar-refractivity contribution in [2.45, 2.75) is 33.6 Å². The normalized spacial score (nSPS) is 19.4. The van der Waals surface area contributed by atoms with Crippen LogP contribution in [0.5, 0.6) is 0 Å². The summed E-state index contributed by atoms with van der Waals surface area (Å²) >= 11 is 0. The minimum Gasteiger partial charge on any atom is -0.338 e. The van der Waals surface area contributed by atoms with Crippen molar-refractivity contribution >= 4 is 16.8 Å². The van der Waals surface area contributed by atoms with Gasteiger partial charge in [0.2, 0.25) is 0 Å². The molecule has 0 bridgehead atoms. The maximum Gasteiger partial charge on any atom is 0.254 e. The first-order valence-corrected chi connectivity index (χ1v) is 7.95. The monoisotopic (exact) mass is 297 g/mol. The van der Waals surface area contributed by atoms with Crippen LogP contribution in [0.3, 0.4) is 0 Å². The lowest BCUT2D eigenvalue weighted by Crippen LogP contribution is -2.43. The Kier molecular flexibility index (Phi) is 3.85. The van der Waals surface area contributed by atoms with E-state index in [-0.39, 0.29) is 11.3 Å². The number of aromatic nitrogens is 2. The zero-order valence-electron chi connectivity index (χ0n) is 13.5. The Balaban J connectivity index is 1.90. The highest BCUT2D eigenvalue weighted by Crippen LogP contribution is 2.34. The lowest BCUT2D eigenvalue weighted by Gasteiger charge is -2.39. The van der Waals surface area contributed by atoms with Gasteiger partial charge in [-0.25, -0.2) is 0 Å². The predicted molar refractivity (Wildman–Crippen MR) is 87.6 cm³/mol. The minimum atomic E-state index is 0.106. The van der Waals surface area contributed by atoms with Crippen LogP contribution in [0.4, 0.5) is 0 Å². The van der Waals surface area contributed by atoms with Crippen LogP contribution >= 0.6 is 0 Å². The highest BCUT2D eigenvalue weighted by molar-refractivity contribution is 6.05. The number of nitrogens with zero attached hydrogens (tertiary/aromatic N) is 3. The standard InChI is InChI=1S/C18H23N3O/c1-18(2,3)13-5-4-10-21(12-13)17(22)14-6-9-20-16-7-8-19-11-15(14)16/h6-9,11,13H,4-5,10,12H2,1-3H3/t13-/m1/s1. The van der Waals surface area contributed by atoms with Crippen molar-refractivity contribution in [1.29, 1.82) is 0 Å². The zero-order chi connectivity index (χ0) is 15.7. The van der Waals surface area contributed by atoms with Gasteiger partial charge in [0, 0.05) is 37.1 Å². The average Bonchev–Trinajstić information content (AvgIpc) is 2.53. The third-order valence-corrected chi connectivity index (χ3v) is 4.71. The molecule has 1 fully saturated rings. The third-order valence-electron chi connectivity index (χ3n) is 4.71. The van der Waals surface area contributed by atoms with E-state index in [4.69, 9.17) is 0 Å². The molecule has 3 rings (SSSR count). The number of hydrogen-bond donors (Lipinski definition) is 0. The van der Waals surface area contributed by atoms with Crippen molar-refractivity contribution in [2.24, 2.45) is 11.3 Å². The molecule has 0 unspecified atom stereocenters. The number of amides is 1. The molecule has 1 aliphatic rings. The highest BCUT2D eigenvalue weighted by atomic mass is 16.2. The van der Waals surface area contributed by atoms with E-state index >= 15 is 0 Å². The van der Waals surface area contributed by atoms with Gasteiger partial charge in [-0.2, -0.15) is 0 Å². The summed E-state index contributed by atoms with van der Waals surface area (Å²) < 4.78 is 0. The summed E-state index contributed by atoms with van der Waals surface area (Å²) in [5, 5.41) is 0.841. The molecule has 0 aromatic carbocycles. The fourth-order valence-electron chi connectivity index (χ4n) is 3.21. The lowest BCUT2D eigenvalue weighted by molar-refractivity contribution is 0.0565. The summed E-state index contributed by atoms with van der Waals surface area (Å²) in [7, 11) is 0. The molecule has 1 aliphatic heterocycles. The van der Waals surface area contributed by atoms with Crippen LogP contribution in [-0.2, 0) is 0 Å². The molecule has 0 saturated carbocycles. The van der Waals surface area contributed by atoms with Crippen molar-refractivity contribution in [1.82, 2.24) is 14.9 Å². The molecule has 3 heterocycles. The number of carbonyl (C=O) groups is 1. The highest BCUT2D eigenvalue weighted by Gasteiger charge is 2.32. The van der Waals surface area contributed by atoms with E-state index in [1.807, 2.05) is 17.0 Å². The molecule has 0 N–H and O–H groups in total. The number of likely N-dealkylation sites (tertiary alicyclic amines) is 1. The van der Waals surface area contributed by atoms with Crippen LogP contribution in [0.1, 0.15) is 44.0 Å². The second-order valence-corrected chi connectivity index (χ2v) is 7.21. The molecule has 0 spiro atoms. The number of carbonyl (C=O) groups excluding carboxylic acids is 1. The van der Waals surface area contributed by atoms with Crippen molar-refractivity contribution in [3.63, 3.8) is 0 Å². The van der Waals surface area contributed by atoms with Gasteiger partial charge in [0.1, 0.15) is 0 Å². The van der Waals surface area contributed by atoms with Crippen LogP contribution in [0.25, 0.3) is 10.9 Å². The molecule has 4 nitrogen and oxygen atoms in total. The molecular formula is C18H23N3O. The van der Waals surface area contributed by atoms with Crippen molar-refractivity contribution in [3.05, 3.63) is 36.3 Å². The average molecular weight is 297 g/mol. The molecule has 116 valence electrons. The van der Waals surface area contributed by atoms with E-state index in [0.717, 1.165) is 30.4 Å². The fraction of sp³-hybridized carbons (Fsp3) is 0.500. The van der Waals surface area contributed by atoms with Crippen LogP contribution in [0, 0.1) is 11.3 Å². The summed E-state index contributed by atoms with van der Waals surface area (Å²) in [5.74, 6) is 0.658. The van der Waals surface area contributed by atoms with E-state index < -0.39 is 0 Å². The molecule has 2 aromatic rings. The van der Waals surface area contributed by atoms with E-state index in [9.17, 15) is 4.79 Å². The SMILES string of the molecule is CC(C)(C)[C@@H]1CCCN(C(=O)c2ccnc3ccncc23)C1. The summed E-state index contributed by atoms with van der Waals surface area (Å²) in [6.07, 6.45) is 7.43. The first kappa shape index (κ1) is 14.9. The summed E-state index contributed by atoms with van der Waals surface area (Å²) in [4.78, 5) is 23.4. The zero-order valence-corrected chi connectivity index (χ0v) is 13.5. The fourth-order valence-corrected chi connectivity index (χ4v) is 3.21. The Labute approximate surface area is 131 Å². The van der Waals surface area contributed by atoms with Gasteiger partial charge in [-0.1, -0.05) is 20.8 Å². The Morgan fingerprint density at radius 3 is 2.86 bits per heavy atom. The van der Waals surface area contributed by atoms with Crippen molar-refractivity contribution in [2.75, 3.05) is 13.1 Å². The topological polar surface area (TPSA) is 46.1 Å². The molecular weight excluding hydrogens is 274 g/mol. The van der Waals surface area contributed by atoms with Gasteiger partial charge in [-0.05, 0) is 36.3 Å². The number of rotatable bonds is 1. The number of hydrogen-bond acceptors (Lipinski definition) is 3. The quantitative estimate of drug-likeness (QED) is 0.809. The molecule has 1 atom stereocenters. The van der Waals surface area contributed by atoms with E-state index in [0.29, 0.717) is 11.5 Å². The molecule has 1 saturated heterocycles. The second kappa shape index (κ2) is 5.67. The first-order chi connectivity index (χ1) is 10.5. The summed E-state index contributed by atoms with van der Waals surface area (Å²) in [6.45, 7) is 8.47. The van der Waals surface area contributed by atoms with Gasteiger partial charge in [-0.3, -0.25) is 14.8 Å². The minimum absolute atomic E-state index is 0.106. The Bertz CT molecular complexity index is 685. The van der Waals surface area contributed by atoms with Gasteiger partial charge in [0.15, 0.2) is 0 Å². The van der Waals surface area contributed by atoms with Gasteiger partial charge < -0.3 is 4.90 Å². The summed E-state index contributed by atoms with van der Waals surface area (Å²) in [5.41, 5.74) is 1.78. The number of pyridine rings is 2. The molecule has 4 heteroatoms. The Morgan fingerprint density at radius 2 is 2.09 bits per heavy atom. The van der Waals surface area contributed by atoms with Gasteiger partial charge in [0.25, 0.3) is 5.91 Å². The van der Waals surface area contributed by atoms with Crippen LogP contribution in [-0.4, -0.2) is 33.9 Å².